The van der Waals surface area contributed by atoms with Crippen LogP contribution in [0.4, 0.5) is 18.9 Å². The van der Waals surface area contributed by atoms with Gasteiger partial charge in [-0.05, 0) is 48.6 Å². The second-order valence-electron chi connectivity index (χ2n) is 4.92. The molecule has 0 amide bonds. The van der Waals surface area contributed by atoms with E-state index in [1.54, 1.807) is 0 Å². The Morgan fingerprint density at radius 2 is 1.88 bits per heavy atom. The molecule has 6 nitrogen and oxygen atoms in total. The lowest BCUT2D eigenvalue weighted by Crippen LogP contribution is -2.28. The molecule has 0 atom stereocenters. The number of nitrogens with one attached hydrogen (secondary N) is 2. The number of nitrogens with zero attached hydrogens (tertiary/aromatic N) is 3. The first kappa shape index (κ1) is 17.0. The molecule has 2 heterocycles. The zero-order valence-electron chi connectivity index (χ0n) is 12.6. The smallest absolute Gasteiger partial charge is 0.406 e. The predicted molar refractivity (Wildman–Crippen MR) is 89.2 cm³/mol. The number of aromatic nitrogens is 3. The maximum absolute atomic E-state index is 12.1. The molecule has 0 saturated carbocycles. The summed E-state index contributed by atoms with van der Waals surface area (Å²) in [6.07, 6.45) is -2.88. The SMILES string of the molecule is FC(F)(F)Oc1ccc(NC(=S)NCc2nnc3ccccn23)cc1. The Balaban J connectivity index is 1.56. The summed E-state index contributed by atoms with van der Waals surface area (Å²) >= 11 is 5.16. The molecule has 10 heteroatoms. The summed E-state index contributed by atoms with van der Waals surface area (Å²) in [5, 5.41) is 14.2. The van der Waals surface area contributed by atoms with Crippen LogP contribution in [0, 0.1) is 0 Å². The molecular formula is C15H12F3N5OS. The number of rotatable bonds is 4. The number of anilines is 1. The van der Waals surface area contributed by atoms with E-state index in [2.05, 4.69) is 25.6 Å². The van der Waals surface area contributed by atoms with E-state index in [9.17, 15) is 13.2 Å². The monoisotopic (exact) mass is 367 g/mol. The van der Waals surface area contributed by atoms with Crippen LogP contribution in [0.2, 0.25) is 0 Å². The lowest BCUT2D eigenvalue weighted by Gasteiger charge is -2.11. The molecule has 130 valence electrons. The molecule has 2 aromatic heterocycles. The standard InChI is InChI=1S/C15H12F3N5OS/c16-15(17,18)24-11-6-4-10(5-7-11)20-14(25)19-9-13-22-21-12-3-1-2-8-23(12)13/h1-8H,9H2,(H2,19,20,25). The minimum Gasteiger partial charge on any atom is -0.406 e. The van der Waals surface area contributed by atoms with Crippen molar-refractivity contribution in [1.82, 2.24) is 19.9 Å². The third-order valence-corrected chi connectivity index (χ3v) is 3.38. The van der Waals surface area contributed by atoms with Crippen LogP contribution in [0.5, 0.6) is 5.75 Å². The lowest BCUT2D eigenvalue weighted by atomic mass is 10.3. The van der Waals surface area contributed by atoms with Crippen LogP contribution in [-0.4, -0.2) is 26.1 Å². The van der Waals surface area contributed by atoms with Crippen LogP contribution in [-0.2, 0) is 6.54 Å². The first-order valence-electron chi connectivity index (χ1n) is 7.10. The average Bonchev–Trinajstić information content (AvgIpc) is 2.97. The maximum Gasteiger partial charge on any atom is 0.573 e. The summed E-state index contributed by atoms with van der Waals surface area (Å²) in [4.78, 5) is 0. The van der Waals surface area contributed by atoms with Gasteiger partial charge in [-0.1, -0.05) is 6.07 Å². The van der Waals surface area contributed by atoms with E-state index < -0.39 is 6.36 Å². The van der Waals surface area contributed by atoms with Crippen molar-refractivity contribution < 1.29 is 17.9 Å². The molecule has 0 unspecified atom stereocenters. The summed E-state index contributed by atoms with van der Waals surface area (Å²) < 4.78 is 42.0. The number of ether oxygens (including phenoxy) is 1. The van der Waals surface area contributed by atoms with Crippen LogP contribution in [0.1, 0.15) is 5.82 Å². The van der Waals surface area contributed by atoms with Gasteiger partial charge in [-0.3, -0.25) is 4.40 Å². The minimum atomic E-state index is -4.72. The molecule has 0 aliphatic carbocycles. The van der Waals surface area contributed by atoms with E-state index >= 15 is 0 Å². The van der Waals surface area contributed by atoms with Crippen LogP contribution in [0.15, 0.2) is 48.7 Å². The van der Waals surface area contributed by atoms with Crippen molar-refractivity contribution in [3.8, 4) is 5.75 Å². The third kappa shape index (κ3) is 4.57. The van der Waals surface area contributed by atoms with Crippen molar-refractivity contribution in [3.63, 3.8) is 0 Å². The van der Waals surface area contributed by atoms with Crippen LogP contribution >= 0.6 is 12.2 Å². The fraction of sp³-hybridized carbons (Fsp3) is 0.133. The lowest BCUT2D eigenvalue weighted by molar-refractivity contribution is -0.274. The Hall–Kier alpha value is -2.88. The fourth-order valence-corrected chi connectivity index (χ4v) is 2.28. The summed E-state index contributed by atoms with van der Waals surface area (Å²) in [5.41, 5.74) is 1.25. The molecule has 3 rings (SSSR count). The normalized spacial score (nSPS) is 11.3. The van der Waals surface area contributed by atoms with Crippen LogP contribution in [0.3, 0.4) is 0 Å². The van der Waals surface area contributed by atoms with Crippen molar-refractivity contribution >= 4 is 28.7 Å². The van der Waals surface area contributed by atoms with Gasteiger partial charge < -0.3 is 15.4 Å². The summed E-state index contributed by atoms with van der Waals surface area (Å²) in [6.45, 7) is 0.340. The van der Waals surface area contributed by atoms with Gasteiger partial charge in [-0.15, -0.1) is 23.4 Å². The predicted octanol–water partition coefficient (Wildman–Crippen LogP) is 3.11. The topological polar surface area (TPSA) is 63.5 Å². The van der Waals surface area contributed by atoms with Crippen molar-refractivity contribution in [2.24, 2.45) is 0 Å². The number of fused-ring (bicyclic) bond motifs is 1. The van der Waals surface area contributed by atoms with Gasteiger partial charge in [-0.2, -0.15) is 0 Å². The third-order valence-electron chi connectivity index (χ3n) is 3.14. The number of halogens is 3. The van der Waals surface area contributed by atoms with E-state index in [0.717, 1.165) is 5.65 Å². The Labute approximate surface area is 145 Å². The second-order valence-corrected chi connectivity index (χ2v) is 5.33. The van der Waals surface area contributed by atoms with E-state index in [1.807, 2.05) is 28.8 Å². The zero-order chi connectivity index (χ0) is 17.9. The van der Waals surface area contributed by atoms with Crippen molar-refractivity contribution in [3.05, 3.63) is 54.5 Å². The first-order valence-corrected chi connectivity index (χ1v) is 7.51. The Morgan fingerprint density at radius 1 is 1.12 bits per heavy atom. The number of alkyl halides is 3. The Kier molecular flexibility index (Phi) is 4.70. The Bertz CT molecular complexity index is 879. The average molecular weight is 367 g/mol. The quantitative estimate of drug-likeness (QED) is 0.691. The largest absolute Gasteiger partial charge is 0.573 e. The summed E-state index contributed by atoms with van der Waals surface area (Å²) in [7, 11) is 0. The van der Waals surface area contributed by atoms with Gasteiger partial charge in [0.1, 0.15) is 5.75 Å². The highest BCUT2D eigenvalue weighted by molar-refractivity contribution is 7.80. The molecule has 2 N–H and O–H groups in total. The second kappa shape index (κ2) is 6.93. The molecule has 0 saturated heterocycles. The number of benzene rings is 1. The molecule has 0 fully saturated rings. The van der Waals surface area contributed by atoms with Crippen molar-refractivity contribution in [2.75, 3.05) is 5.32 Å². The summed E-state index contributed by atoms with van der Waals surface area (Å²) in [6, 6.07) is 10.8. The summed E-state index contributed by atoms with van der Waals surface area (Å²) in [5.74, 6) is 0.375. The van der Waals surface area contributed by atoms with Gasteiger partial charge in [0.05, 0.1) is 6.54 Å². The van der Waals surface area contributed by atoms with Crippen LogP contribution < -0.4 is 15.4 Å². The zero-order valence-corrected chi connectivity index (χ0v) is 13.4. The highest BCUT2D eigenvalue weighted by Gasteiger charge is 2.30. The number of hydrogen-bond acceptors (Lipinski definition) is 4. The molecule has 3 aromatic rings. The van der Waals surface area contributed by atoms with E-state index in [4.69, 9.17) is 12.2 Å². The van der Waals surface area contributed by atoms with Gasteiger partial charge in [-0.25, -0.2) is 0 Å². The van der Waals surface area contributed by atoms with Crippen molar-refractivity contribution in [1.29, 1.82) is 0 Å². The minimum absolute atomic E-state index is 0.299. The van der Waals surface area contributed by atoms with Gasteiger partial charge in [0, 0.05) is 11.9 Å². The van der Waals surface area contributed by atoms with E-state index in [1.165, 1.54) is 24.3 Å². The van der Waals surface area contributed by atoms with E-state index in [-0.39, 0.29) is 5.75 Å². The molecule has 0 spiro atoms. The van der Waals surface area contributed by atoms with Crippen molar-refractivity contribution in [2.45, 2.75) is 12.9 Å². The van der Waals surface area contributed by atoms with Gasteiger partial charge in [0.15, 0.2) is 16.6 Å². The molecule has 1 aromatic carbocycles. The van der Waals surface area contributed by atoms with E-state index in [0.29, 0.717) is 23.2 Å². The molecular weight excluding hydrogens is 355 g/mol. The highest BCUT2D eigenvalue weighted by atomic mass is 32.1. The van der Waals surface area contributed by atoms with Gasteiger partial charge >= 0.3 is 6.36 Å². The molecule has 0 aliphatic heterocycles. The molecule has 25 heavy (non-hydrogen) atoms. The first-order chi connectivity index (χ1) is 11.9. The number of thiocarbonyl (C=S) groups is 1. The van der Waals surface area contributed by atoms with Crippen LogP contribution in [0.25, 0.3) is 5.65 Å². The maximum atomic E-state index is 12.1. The van der Waals surface area contributed by atoms with Gasteiger partial charge in [0.25, 0.3) is 0 Å². The molecule has 0 aliphatic rings. The Morgan fingerprint density at radius 3 is 2.60 bits per heavy atom. The molecule has 0 bridgehead atoms. The highest BCUT2D eigenvalue weighted by Crippen LogP contribution is 2.23. The fourth-order valence-electron chi connectivity index (χ4n) is 2.09. The number of pyridine rings is 1. The van der Waals surface area contributed by atoms with Gasteiger partial charge in [0.2, 0.25) is 0 Å². The molecule has 0 radical (unpaired) electrons. The number of hydrogen-bond donors (Lipinski definition) is 2.